The van der Waals surface area contributed by atoms with Crippen molar-refractivity contribution in [2.45, 2.75) is 65.2 Å². The Morgan fingerprint density at radius 3 is 2.71 bits per heavy atom. The van der Waals surface area contributed by atoms with Gasteiger partial charge in [0.1, 0.15) is 0 Å². The summed E-state index contributed by atoms with van der Waals surface area (Å²) in [4.78, 5) is 29.4. The molecule has 3 aromatic rings. The molecule has 5 rings (SSSR count). The van der Waals surface area contributed by atoms with Crippen molar-refractivity contribution in [3.8, 4) is 0 Å². The highest BCUT2D eigenvalue weighted by Gasteiger charge is 2.22. The molecule has 2 aliphatic rings. The molecule has 3 N–H and O–H groups in total. The van der Waals surface area contributed by atoms with Crippen molar-refractivity contribution in [3.63, 3.8) is 0 Å². The first kappa shape index (κ1) is 22.8. The predicted molar refractivity (Wildman–Crippen MR) is 133 cm³/mol. The maximum absolute atomic E-state index is 12.4. The highest BCUT2D eigenvalue weighted by Crippen LogP contribution is 2.33. The van der Waals surface area contributed by atoms with Crippen LogP contribution in [0.4, 0.5) is 0 Å². The Hall–Kier alpha value is -2.97. The molecule has 0 bridgehead atoms. The van der Waals surface area contributed by atoms with Gasteiger partial charge < -0.3 is 15.6 Å². The lowest BCUT2D eigenvalue weighted by Crippen LogP contribution is -2.47. The third-order valence-corrected chi connectivity index (χ3v) is 7.17. The van der Waals surface area contributed by atoms with Crippen molar-refractivity contribution in [2.24, 2.45) is 0 Å². The van der Waals surface area contributed by atoms with Crippen LogP contribution >= 0.6 is 0 Å². The Labute approximate surface area is 199 Å². The van der Waals surface area contributed by atoms with Crippen molar-refractivity contribution in [2.75, 3.05) is 19.6 Å². The van der Waals surface area contributed by atoms with Gasteiger partial charge in [0.15, 0.2) is 0 Å². The molecule has 2 fully saturated rings. The Morgan fingerprint density at radius 1 is 1.12 bits per heavy atom. The fourth-order valence-corrected chi connectivity index (χ4v) is 5.47. The van der Waals surface area contributed by atoms with Gasteiger partial charge in [-0.05, 0) is 55.5 Å². The summed E-state index contributed by atoms with van der Waals surface area (Å²) in [5, 5.41) is 12.4. The molecule has 1 aliphatic carbocycles. The second-order valence-electron chi connectivity index (χ2n) is 9.82. The quantitative estimate of drug-likeness (QED) is 0.502. The monoisotopic (exact) mass is 462 g/mol. The van der Waals surface area contributed by atoms with Crippen molar-refractivity contribution in [3.05, 3.63) is 62.7 Å². The number of aryl methyl sites for hydroxylation is 2. The van der Waals surface area contributed by atoms with Crippen LogP contribution in [0.5, 0.6) is 0 Å². The molecule has 1 saturated carbocycles. The molecule has 0 spiro atoms. The van der Waals surface area contributed by atoms with Gasteiger partial charge >= 0.3 is 0 Å². The lowest BCUT2D eigenvalue weighted by Gasteiger charge is -2.26. The Kier molecular flexibility index (Phi) is 6.52. The maximum Gasteiger partial charge on any atom is 0.252 e. The van der Waals surface area contributed by atoms with Gasteiger partial charge in [-0.3, -0.25) is 19.2 Å². The number of rotatable bonds is 7. The highest BCUT2D eigenvalue weighted by atomic mass is 16.2. The lowest BCUT2D eigenvalue weighted by molar-refractivity contribution is -0.124. The largest absolute Gasteiger partial charge is 0.354 e. The minimum absolute atomic E-state index is 0.0266. The molecule has 0 radical (unpaired) electrons. The second kappa shape index (κ2) is 9.72. The van der Waals surface area contributed by atoms with E-state index in [1.807, 2.05) is 26.1 Å². The van der Waals surface area contributed by atoms with E-state index in [1.165, 1.54) is 42.3 Å². The number of benzene rings is 1. The summed E-state index contributed by atoms with van der Waals surface area (Å²) in [5.41, 5.74) is 6.19. The number of aromatic nitrogens is 3. The van der Waals surface area contributed by atoms with Crippen LogP contribution in [0.1, 0.15) is 59.7 Å². The molecule has 0 unspecified atom stereocenters. The van der Waals surface area contributed by atoms with Crippen LogP contribution in [0.3, 0.4) is 0 Å². The molecule has 0 atom stereocenters. The molecule has 3 heterocycles. The van der Waals surface area contributed by atoms with Crippen LogP contribution < -0.4 is 16.2 Å². The van der Waals surface area contributed by atoms with Crippen LogP contribution in [-0.2, 0) is 24.4 Å². The standard InChI is InChI=1S/C26H34N6O2/c1-17-9-18(2)30-26(34)22(17)13-27-12-20-10-19(15-31-8-7-28-25(33)16-31)11-24-23(20)14-29-32(24)21-5-3-4-6-21/h9-11,14,21,27H,3-8,12-13,15-16H2,1-2H3,(H,28,33)(H,30,34). The number of H-pyrrole nitrogens is 1. The molecule has 1 saturated heterocycles. The lowest BCUT2D eigenvalue weighted by atomic mass is 10.0. The van der Waals surface area contributed by atoms with E-state index in [1.54, 1.807) is 0 Å². The number of nitrogens with one attached hydrogen (secondary N) is 3. The average molecular weight is 463 g/mol. The zero-order valence-electron chi connectivity index (χ0n) is 20.1. The van der Waals surface area contributed by atoms with Gasteiger partial charge in [0.25, 0.3) is 5.56 Å². The number of pyridine rings is 1. The smallest absolute Gasteiger partial charge is 0.252 e. The van der Waals surface area contributed by atoms with E-state index in [0.29, 0.717) is 32.2 Å². The van der Waals surface area contributed by atoms with Crippen LogP contribution in [-0.4, -0.2) is 45.2 Å². The number of carbonyl (C=O) groups is 1. The zero-order chi connectivity index (χ0) is 23.7. The van der Waals surface area contributed by atoms with E-state index in [4.69, 9.17) is 5.10 Å². The van der Waals surface area contributed by atoms with E-state index in [9.17, 15) is 9.59 Å². The summed E-state index contributed by atoms with van der Waals surface area (Å²) < 4.78 is 2.22. The normalized spacial score (nSPS) is 17.5. The molecule has 34 heavy (non-hydrogen) atoms. The average Bonchev–Trinajstić information content (AvgIpc) is 3.45. The van der Waals surface area contributed by atoms with Gasteiger partial charge in [0.05, 0.1) is 24.3 Å². The molecule has 1 aliphatic heterocycles. The number of fused-ring (bicyclic) bond motifs is 1. The van der Waals surface area contributed by atoms with Crippen LogP contribution in [0, 0.1) is 13.8 Å². The molecular weight excluding hydrogens is 428 g/mol. The number of nitrogens with zero attached hydrogens (tertiary/aromatic N) is 3. The molecule has 8 nitrogen and oxygen atoms in total. The van der Waals surface area contributed by atoms with Gasteiger partial charge in [0.2, 0.25) is 5.91 Å². The molecule has 1 amide bonds. The summed E-state index contributed by atoms with van der Waals surface area (Å²) in [6.45, 7) is 7.77. The van der Waals surface area contributed by atoms with Gasteiger partial charge in [-0.15, -0.1) is 0 Å². The van der Waals surface area contributed by atoms with E-state index >= 15 is 0 Å². The number of aromatic amines is 1. The number of piperazine rings is 1. The van der Waals surface area contributed by atoms with E-state index < -0.39 is 0 Å². The molecule has 1 aromatic carbocycles. The minimum Gasteiger partial charge on any atom is -0.354 e. The topological polar surface area (TPSA) is 95.0 Å². The van der Waals surface area contributed by atoms with Gasteiger partial charge in [-0.25, -0.2) is 0 Å². The molecule has 8 heteroatoms. The Morgan fingerprint density at radius 2 is 1.94 bits per heavy atom. The SMILES string of the molecule is Cc1cc(C)c(CNCc2cc(CN3CCNC(=O)C3)cc3c2cnn3C2CCCC2)c(=O)[nH]1. The summed E-state index contributed by atoms with van der Waals surface area (Å²) in [6, 6.07) is 6.96. The van der Waals surface area contributed by atoms with Crippen molar-refractivity contribution >= 4 is 16.8 Å². The third kappa shape index (κ3) is 4.79. The molecule has 2 aromatic heterocycles. The predicted octanol–water partition coefficient (Wildman–Crippen LogP) is 2.68. The first-order valence-electron chi connectivity index (χ1n) is 12.4. The fraction of sp³-hybridized carbons (Fsp3) is 0.500. The highest BCUT2D eigenvalue weighted by molar-refractivity contribution is 5.83. The zero-order valence-corrected chi connectivity index (χ0v) is 20.1. The van der Waals surface area contributed by atoms with E-state index in [2.05, 4.69) is 37.3 Å². The maximum atomic E-state index is 12.4. The second-order valence-corrected chi connectivity index (χ2v) is 9.82. The summed E-state index contributed by atoms with van der Waals surface area (Å²) in [6.07, 6.45) is 6.86. The summed E-state index contributed by atoms with van der Waals surface area (Å²) >= 11 is 0. The van der Waals surface area contributed by atoms with Crippen molar-refractivity contribution < 1.29 is 4.79 Å². The van der Waals surface area contributed by atoms with Crippen molar-refractivity contribution in [1.82, 2.24) is 30.3 Å². The van der Waals surface area contributed by atoms with Crippen molar-refractivity contribution in [1.29, 1.82) is 0 Å². The first-order chi connectivity index (χ1) is 16.5. The number of carbonyl (C=O) groups excluding carboxylic acids is 1. The first-order valence-corrected chi connectivity index (χ1v) is 12.4. The number of hydrogen-bond acceptors (Lipinski definition) is 5. The van der Waals surface area contributed by atoms with Gasteiger partial charge in [0, 0.05) is 49.4 Å². The molecular formula is C26H34N6O2. The third-order valence-electron chi connectivity index (χ3n) is 7.17. The number of amides is 1. The Bertz CT molecular complexity index is 1250. The fourth-order valence-electron chi connectivity index (χ4n) is 5.47. The summed E-state index contributed by atoms with van der Waals surface area (Å²) in [7, 11) is 0. The van der Waals surface area contributed by atoms with Crippen LogP contribution in [0.2, 0.25) is 0 Å². The molecule has 180 valence electrons. The van der Waals surface area contributed by atoms with Crippen LogP contribution in [0.15, 0.2) is 29.2 Å². The summed E-state index contributed by atoms with van der Waals surface area (Å²) in [5.74, 6) is 0.0869. The van der Waals surface area contributed by atoms with E-state index in [-0.39, 0.29) is 11.5 Å². The minimum atomic E-state index is -0.0266. The number of hydrogen-bond donors (Lipinski definition) is 3. The van der Waals surface area contributed by atoms with E-state index in [0.717, 1.165) is 35.3 Å². The Balaban J connectivity index is 1.42. The van der Waals surface area contributed by atoms with Gasteiger partial charge in [-0.2, -0.15) is 5.10 Å². The van der Waals surface area contributed by atoms with Gasteiger partial charge in [-0.1, -0.05) is 18.9 Å². The van der Waals surface area contributed by atoms with Crippen LogP contribution in [0.25, 0.3) is 10.9 Å².